The zero-order valence-corrected chi connectivity index (χ0v) is 7.24. The summed E-state index contributed by atoms with van der Waals surface area (Å²) in [7, 11) is 0. The van der Waals surface area contributed by atoms with Gasteiger partial charge < -0.3 is 20.4 Å². The lowest BCUT2D eigenvalue weighted by Crippen LogP contribution is -2.40. The van der Waals surface area contributed by atoms with E-state index < -0.39 is 24.4 Å². The predicted molar refractivity (Wildman–Crippen MR) is 44.0 cm³/mol. The van der Waals surface area contributed by atoms with Crippen LogP contribution in [0.3, 0.4) is 0 Å². The zero-order valence-electron chi connectivity index (χ0n) is 7.24. The number of hydrogen-bond donors (Lipinski definition) is 4. The molecular weight excluding hydrogens is 174 g/mol. The fourth-order valence-corrected chi connectivity index (χ4v) is 2.45. The van der Waals surface area contributed by atoms with E-state index in [2.05, 4.69) is 0 Å². The van der Waals surface area contributed by atoms with Gasteiger partial charge in [-0.3, -0.25) is 4.90 Å². The van der Waals surface area contributed by atoms with Gasteiger partial charge in [-0.1, -0.05) is 0 Å². The van der Waals surface area contributed by atoms with E-state index in [0.717, 1.165) is 0 Å². The molecule has 5 heteroatoms. The van der Waals surface area contributed by atoms with Gasteiger partial charge in [-0.25, -0.2) is 0 Å². The lowest BCUT2D eigenvalue weighted by molar-refractivity contribution is 0.00859. The average Bonchev–Trinajstić information content (AvgIpc) is 2.54. The van der Waals surface area contributed by atoms with Crippen molar-refractivity contribution in [3.8, 4) is 0 Å². The molecule has 0 aromatic rings. The highest BCUT2D eigenvalue weighted by Gasteiger charge is 2.51. The summed E-state index contributed by atoms with van der Waals surface area (Å²) in [6, 6.07) is -0.612. The van der Waals surface area contributed by atoms with Crippen LogP contribution in [0.4, 0.5) is 0 Å². The van der Waals surface area contributed by atoms with E-state index in [0.29, 0.717) is 13.0 Å². The van der Waals surface area contributed by atoms with Gasteiger partial charge in [0.05, 0.1) is 31.0 Å². The first kappa shape index (κ1) is 9.36. The van der Waals surface area contributed by atoms with Crippen LogP contribution in [0.15, 0.2) is 0 Å². The molecule has 0 aromatic carbocycles. The predicted octanol–water partition coefficient (Wildman–Crippen LogP) is -2.48. The van der Waals surface area contributed by atoms with E-state index in [1.807, 2.05) is 0 Å². The third kappa shape index (κ3) is 1.28. The minimum absolute atomic E-state index is 0.179. The molecule has 76 valence electrons. The number of rotatable bonds is 1. The van der Waals surface area contributed by atoms with E-state index in [9.17, 15) is 15.3 Å². The number of hydrogen-bond acceptors (Lipinski definition) is 5. The first-order chi connectivity index (χ1) is 6.15. The topological polar surface area (TPSA) is 84.2 Å². The molecule has 2 rings (SSSR count). The van der Waals surface area contributed by atoms with Gasteiger partial charge in [0, 0.05) is 12.6 Å². The van der Waals surface area contributed by atoms with Gasteiger partial charge in [0.15, 0.2) is 0 Å². The number of aliphatic hydroxyl groups excluding tert-OH is 4. The molecule has 2 heterocycles. The molecule has 0 saturated carbocycles. The number of nitrogens with zero attached hydrogens (tertiary/aromatic N) is 1. The summed E-state index contributed by atoms with van der Waals surface area (Å²) >= 11 is 0. The van der Waals surface area contributed by atoms with Gasteiger partial charge in [0.25, 0.3) is 0 Å². The van der Waals surface area contributed by atoms with E-state index in [1.165, 1.54) is 0 Å². The fraction of sp³-hybridized carbons (Fsp3) is 1.00. The molecule has 13 heavy (non-hydrogen) atoms. The third-order valence-electron chi connectivity index (χ3n) is 3.11. The Labute approximate surface area is 76.2 Å². The highest BCUT2D eigenvalue weighted by atomic mass is 16.3. The first-order valence-electron chi connectivity index (χ1n) is 4.56. The lowest BCUT2D eigenvalue weighted by Gasteiger charge is -2.22. The highest BCUT2D eigenvalue weighted by molar-refractivity contribution is 5.05. The Balaban J connectivity index is 2.15. The second kappa shape index (κ2) is 3.18. The fourth-order valence-electron chi connectivity index (χ4n) is 2.45. The average molecular weight is 189 g/mol. The van der Waals surface area contributed by atoms with Crippen molar-refractivity contribution in [2.45, 2.75) is 36.8 Å². The van der Waals surface area contributed by atoms with Crippen LogP contribution in [0.5, 0.6) is 0 Å². The second-order valence-electron chi connectivity index (χ2n) is 3.88. The van der Waals surface area contributed by atoms with Crippen molar-refractivity contribution >= 4 is 0 Å². The molecule has 2 aliphatic heterocycles. The van der Waals surface area contributed by atoms with Crippen LogP contribution in [-0.4, -0.2) is 68.9 Å². The normalized spacial score (nSPS) is 51.2. The molecule has 0 radical (unpaired) electrons. The van der Waals surface area contributed by atoms with Crippen molar-refractivity contribution in [2.75, 3.05) is 13.2 Å². The van der Waals surface area contributed by atoms with Crippen LogP contribution in [-0.2, 0) is 0 Å². The van der Waals surface area contributed by atoms with Crippen molar-refractivity contribution in [1.29, 1.82) is 0 Å². The smallest absolute Gasteiger partial charge is 0.0991 e. The highest BCUT2D eigenvalue weighted by Crippen LogP contribution is 2.32. The van der Waals surface area contributed by atoms with E-state index >= 15 is 0 Å². The Morgan fingerprint density at radius 1 is 1.15 bits per heavy atom. The summed E-state index contributed by atoms with van der Waals surface area (Å²) in [4.78, 5) is 1.79. The summed E-state index contributed by atoms with van der Waals surface area (Å²) in [5.41, 5.74) is 0. The molecule has 0 amide bonds. The molecule has 2 aliphatic rings. The Morgan fingerprint density at radius 2 is 1.85 bits per heavy atom. The zero-order chi connectivity index (χ0) is 9.59. The summed E-state index contributed by atoms with van der Waals surface area (Å²) in [5.74, 6) is 0. The molecule has 0 aromatic heterocycles. The van der Waals surface area contributed by atoms with Crippen molar-refractivity contribution in [1.82, 2.24) is 4.90 Å². The van der Waals surface area contributed by atoms with Gasteiger partial charge in [-0.05, 0) is 6.42 Å². The van der Waals surface area contributed by atoms with Crippen LogP contribution >= 0.6 is 0 Å². The molecule has 0 aliphatic carbocycles. The van der Waals surface area contributed by atoms with Gasteiger partial charge in [0.1, 0.15) is 0 Å². The van der Waals surface area contributed by atoms with Gasteiger partial charge in [-0.15, -0.1) is 0 Å². The van der Waals surface area contributed by atoms with E-state index in [4.69, 9.17) is 5.11 Å². The van der Waals surface area contributed by atoms with Crippen LogP contribution in [0.25, 0.3) is 0 Å². The molecule has 5 nitrogen and oxygen atoms in total. The maximum atomic E-state index is 9.57. The Bertz CT molecular complexity index is 199. The summed E-state index contributed by atoms with van der Waals surface area (Å²) in [6.07, 6.45) is -1.69. The molecule has 4 N–H and O–H groups in total. The van der Waals surface area contributed by atoms with Crippen LogP contribution in [0.1, 0.15) is 6.42 Å². The molecule has 5 atom stereocenters. The SMILES string of the molecule is OC[C@H]1[C@@H](O)[C@@H](O)[C@@H]2C[C@@H](O)CN21. The molecular formula is C8H15NO4. The van der Waals surface area contributed by atoms with Gasteiger partial charge >= 0.3 is 0 Å². The van der Waals surface area contributed by atoms with Crippen molar-refractivity contribution < 1.29 is 20.4 Å². The molecule has 2 fully saturated rings. The minimum atomic E-state index is -0.887. The summed E-state index contributed by atoms with van der Waals surface area (Å²) < 4.78 is 0. The largest absolute Gasteiger partial charge is 0.395 e. The van der Waals surface area contributed by atoms with Crippen LogP contribution < -0.4 is 0 Å². The maximum Gasteiger partial charge on any atom is 0.0991 e. The summed E-state index contributed by atoms with van der Waals surface area (Å²) in [5, 5.41) is 37.4. The Morgan fingerprint density at radius 3 is 2.46 bits per heavy atom. The van der Waals surface area contributed by atoms with E-state index in [-0.39, 0.29) is 12.6 Å². The molecule has 0 spiro atoms. The van der Waals surface area contributed by atoms with Crippen LogP contribution in [0.2, 0.25) is 0 Å². The third-order valence-corrected chi connectivity index (χ3v) is 3.11. The lowest BCUT2D eigenvalue weighted by atomic mass is 10.0. The monoisotopic (exact) mass is 189 g/mol. The van der Waals surface area contributed by atoms with Gasteiger partial charge in [0.2, 0.25) is 0 Å². The Hall–Kier alpha value is -0.200. The number of fused-ring (bicyclic) bond motifs is 1. The van der Waals surface area contributed by atoms with Crippen LogP contribution in [0, 0.1) is 0 Å². The van der Waals surface area contributed by atoms with Gasteiger partial charge in [-0.2, -0.15) is 0 Å². The molecule has 0 unspecified atom stereocenters. The standard InChI is InChI=1S/C8H15NO4/c10-3-6-8(13)7(12)5-1-4(11)2-9(5)6/h4-8,10-13H,1-3H2/t4-,5+,6+,7+,8-/m1/s1. The van der Waals surface area contributed by atoms with E-state index in [1.54, 1.807) is 4.90 Å². The Kier molecular flexibility index (Phi) is 2.29. The summed E-state index contributed by atoms with van der Waals surface area (Å²) in [6.45, 7) is 0.255. The molecule has 2 saturated heterocycles. The van der Waals surface area contributed by atoms with Crippen molar-refractivity contribution in [2.24, 2.45) is 0 Å². The quantitative estimate of drug-likeness (QED) is 0.367. The maximum absolute atomic E-state index is 9.57. The second-order valence-corrected chi connectivity index (χ2v) is 3.88. The molecule has 0 bridgehead atoms. The number of aliphatic hydroxyl groups is 4. The van der Waals surface area contributed by atoms with Crippen molar-refractivity contribution in [3.05, 3.63) is 0 Å². The van der Waals surface area contributed by atoms with Crippen molar-refractivity contribution in [3.63, 3.8) is 0 Å². The first-order valence-corrected chi connectivity index (χ1v) is 4.56. The minimum Gasteiger partial charge on any atom is -0.395 e.